The fraction of sp³-hybridized carbons (Fsp3) is 0.850. The van der Waals surface area contributed by atoms with Gasteiger partial charge in [0.2, 0.25) is 0 Å². The zero-order chi connectivity index (χ0) is 37.6. The number of hydrogen-bond acceptors (Lipinski definition) is 8. The maximum atomic E-state index is 12.6. The van der Waals surface area contributed by atoms with Gasteiger partial charge in [0, 0.05) is 12.8 Å². The first-order chi connectivity index (χ1) is 24.5. The van der Waals surface area contributed by atoms with Crippen LogP contribution in [0.25, 0.3) is 0 Å². The molecule has 1 heterocycles. The summed E-state index contributed by atoms with van der Waals surface area (Å²) in [4.78, 5) is 35.2. The maximum Gasteiger partial charge on any atom is 0.472 e. The molecule has 0 aromatic rings. The van der Waals surface area contributed by atoms with Crippen molar-refractivity contribution in [2.45, 2.75) is 173 Å². The highest BCUT2D eigenvalue weighted by molar-refractivity contribution is 7.47. The molecule has 1 fully saturated rings. The van der Waals surface area contributed by atoms with Crippen molar-refractivity contribution in [2.75, 3.05) is 47.5 Å². The Labute approximate surface area is 311 Å². The van der Waals surface area contributed by atoms with E-state index < -0.39 is 26.5 Å². The first kappa shape index (κ1) is 47.5. The SMILES string of the molecule is CCCC/C=C\CCCCCCCC(=O)O[C@H](COC(=O)CCCCCCCC1OC1C/C=C\CCCCC)COP(=O)(O)OCC[N+](C)(C)C. The van der Waals surface area contributed by atoms with Crippen LogP contribution in [0, 0.1) is 0 Å². The van der Waals surface area contributed by atoms with Crippen molar-refractivity contribution in [3.8, 4) is 0 Å². The zero-order valence-electron chi connectivity index (χ0n) is 33.0. The van der Waals surface area contributed by atoms with Crippen molar-refractivity contribution in [3.05, 3.63) is 24.3 Å². The highest BCUT2D eigenvalue weighted by Gasteiger charge is 2.36. The fourth-order valence-corrected chi connectivity index (χ4v) is 6.27. The van der Waals surface area contributed by atoms with Crippen molar-refractivity contribution in [2.24, 2.45) is 0 Å². The van der Waals surface area contributed by atoms with E-state index in [1.165, 1.54) is 38.5 Å². The summed E-state index contributed by atoms with van der Waals surface area (Å²) in [6, 6.07) is 0. The lowest BCUT2D eigenvalue weighted by Crippen LogP contribution is -2.37. The second-order valence-corrected chi connectivity index (χ2v) is 16.5. The van der Waals surface area contributed by atoms with Gasteiger partial charge in [-0.3, -0.25) is 18.6 Å². The summed E-state index contributed by atoms with van der Waals surface area (Å²) in [6.07, 6.45) is 31.0. The fourth-order valence-electron chi connectivity index (χ4n) is 5.53. The molecule has 4 atom stereocenters. The van der Waals surface area contributed by atoms with Crippen LogP contribution in [0.2, 0.25) is 0 Å². The molecule has 0 saturated carbocycles. The van der Waals surface area contributed by atoms with Crippen LogP contribution < -0.4 is 0 Å². The molecule has 298 valence electrons. The smallest absolute Gasteiger partial charge is 0.462 e. The molecule has 51 heavy (non-hydrogen) atoms. The minimum Gasteiger partial charge on any atom is -0.462 e. The molecule has 1 aliphatic heterocycles. The number of phosphoric ester groups is 1. The van der Waals surface area contributed by atoms with Gasteiger partial charge in [-0.2, -0.15) is 0 Å². The van der Waals surface area contributed by atoms with Crippen molar-refractivity contribution in [1.29, 1.82) is 0 Å². The van der Waals surface area contributed by atoms with Crippen LogP contribution in [-0.4, -0.2) is 87.1 Å². The lowest BCUT2D eigenvalue weighted by atomic mass is 10.1. The van der Waals surface area contributed by atoms with Crippen molar-refractivity contribution in [1.82, 2.24) is 0 Å². The van der Waals surface area contributed by atoms with Gasteiger partial charge in [-0.1, -0.05) is 109 Å². The van der Waals surface area contributed by atoms with Crippen LogP contribution in [0.3, 0.4) is 0 Å². The van der Waals surface area contributed by atoms with E-state index in [1.54, 1.807) is 0 Å². The van der Waals surface area contributed by atoms with E-state index in [0.29, 0.717) is 36.1 Å². The van der Waals surface area contributed by atoms with Crippen molar-refractivity contribution < 1.29 is 46.8 Å². The summed E-state index contributed by atoms with van der Waals surface area (Å²) in [7, 11) is 1.45. The second kappa shape index (κ2) is 29.9. The number of rotatable bonds is 35. The molecular weight excluding hydrogens is 669 g/mol. The molecule has 0 spiro atoms. The van der Waals surface area contributed by atoms with Gasteiger partial charge in [0.15, 0.2) is 6.10 Å². The highest BCUT2D eigenvalue weighted by Crippen LogP contribution is 2.43. The van der Waals surface area contributed by atoms with Crippen LogP contribution in [0.1, 0.15) is 155 Å². The Morgan fingerprint density at radius 2 is 1.27 bits per heavy atom. The van der Waals surface area contributed by atoms with E-state index in [-0.39, 0.29) is 32.0 Å². The Morgan fingerprint density at radius 1 is 0.706 bits per heavy atom. The number of unbranched alkanes of at least 4 members (excludes halogenated alkanes) is 14. The average molecular weight is 745 g/mol. The number of epoxide rings is 1. The molecule has 0 aromatic carbocycles. The number of carbonyl (C=O) groups is 2. The number of esters is 2. The quantitative estimate of drug-likeness (QED) is 0.0169. The van der Waals surface area contributed by atoms with Crippen LogP contribution >= 0.6 is 7.82 Å². The third-order valence-electron chi connectivity index (χ3n) is 8.88. The number of nitrogens with zero attached hydrogens (tertiary/aromatic N) is 1. The van der Waals surface area contributed by atoms with E-state index in [9.17, 15) is 19.0 Å². The Balaban J connectivity index is 2.32. The number of quaternary nitrogens is 1. The molecular formula is C40H75NO9P+. The van der Waals surface area contributed by atoms with E-state index in [1.807, 2.05) is 21.1 Å². The van der Waals surface area contributed by atoms with E-state index in [0.717, 1.165) is 77.0 Å². The van der Waals surface area contributed by atoms with Crippen molar-refractivity contribution in [3.63, 3.8) is 0 Å². The molecule has 0 radical (unpaired) electrons. The third kappa shape index (κ3) is 30.6. The van der Waals surface area contributed by atoms with Gasteiger partial charge < -0.3 is 23.6 Å². The third-order valence-corrected chi connectivity index (χ3v) is 9.86. The molecule has 10 nitrogen and oxygen atoms in total. The monoisotopic (exact) mass is 745 g/mol. The topological polar surface area (TPSA) is 121 Å². The predicted octanol–water partition coefficient (Wildman–Crippen LogP) is 9.78. The van der Waals surface area contributed by atoms with Gasteiger partial charge in [-0.05, 0) is 57.8 Å². The first-order valence-corrected chi connectivity index (χ1v) is 21.7. The number of phosphoric acid groups is 1. The lowest BCUT2D eigenvalue weighted by molar-refractivity contribution is -0.870. The number of hydrogen-bond donors (Lipinski definition) is 1. The van der Waals surface area contributed by atoms with Crippen LogP contribution in [0.15, 0.2) is 24.3 Å². The van der Waals surface area contributed by atoms with Crippen LogP contribution in [-0.2, 0) is 37.4 Å². The molecule has 1 N–H and O–H groups in total. The Kier molecular flexibility index (Phi) is 27.8. The van der Waals surface area contributed by atoms with Crippen molar-refractivity contribution >= 4 is 19.8 Å². The Bertz CT molecular complexity index is 997. The predicted molar refractivity (Wildman–Crippen MR) is 205 cm³/mol. The largest absolute Gasteiger partial charge is 0.472 e. The normalized spacial score (nSPS) is 17.9. The van der Waals surface area contributed by atoms with Gasteiger partial charge in [0.05, 0.1) is 40.0 Å². The number of likely N-dealkylation sites (N-methyl/N-ethyl adjacent to an activating group) is 1. The van der Waals surface area contributed by atoms with E-state index in [4.69, 9.17) is 23.3 Å². The molecule has 1 rings (SSSR count). The first-order valence-electron chi connectivity index (χ1n) is 20.2. The average Bonchev–Trinajstić information content (AvgIpc) is 3.83. The minimum absolute atomic E-state index is 0.0254. The molecule has 1 aliphatic rings. The molecule has 1 saturated heterocycles. The summed E-state index contributed by atoms with van der Waals surface area (Å²) in [6.45, 7) is 4.30. The van der Waals surface area contributed by atoms with Gasteiger partial charge in [0.1, 0.15) is 19.8 Å². The number of allylic oxidation sites excluding steroid dienone is 3. The summed E-state index contributed by atoms with van der Waals surface area (Å²) < 4.78 is 40.0. The second-order valence-electron chi connectivity index (χ2n) is 15.0. The Hall–Kier alpha value is -1.55. The minimum atomic E-state index is -4.38. The standard InChI is InChI=1S/C40H74NO9P/c1-6-8-10-12-14-15-16-17-18-22-27-31-40(43)49-36(35-48-51(44,45)47-33-32-41(3,4)5)34-46-39(42)30-26-23-19-21-25-29-38-37(50-38)28-24-20-13-11-9-7-2/h12,14,20,24,36-38H,6-11,13,15-19,21-23,25-35H2,1-5H3/p+1/b14-12-,24-20-/t36-,37?,38?/m1/s1. The van der Waals surface area contributed by atoms with E-state index >= 15 is 0 Å². The summed E-state index contributed by atoms with van der Waals surface area (Å²) >= 11 is 0. The molecule has 0 aliphatic carbocycles. The highest BCUT2D eigenvalue weighted by atomic mass is 31.2. The summed E-state index contributed by atoms with van der Waals surface area (Å²) in [5.41, 5.74) is 0. The molecule has 0 aromatic heterocycles. The van der Waals surface area contributed by atoms with Crippen LogP contribution in [0.4, 0.5) is 0 Å². The van der Waals surface area contributed by atoms with Gasteiger partial charge in [0.25, 0.3) is 0 Å². The van der Waals surface area contributed by atoms with Gasteiger partial charge in [-0.25, -0.2) is 4.57 Å². The number of ether oxygens (including phenoxy) is 3. The lowest BCUT2D eigenvalue weighted by Gasteiger charge is -2.24. The van der Waals surface area contributed by atoms with Crippen LogP contribution in [0.5, 0.6) is 0 Å². The maximum absolute atomic E-state index is 12.6. The van der Waals surface area contributed by atoms with E-state index in [2.05, 4.69) is 38.2 Å². The van der Waals surface area contributed by atoms with Gasteiger partial charge in [-0.15, -0.1) is 0 Å². The Morgan fingerprint density at radius 3 is 1.94 bits per heavy atom. The van der Waals surface area contributed by atoms with Gasteiger partial charge >= 0.3 is 19.8 Å². The zero-order valence-corrected chi connectivity index (χ0v) is 33.9. The molecule has 0 bridgehead atoms. The molecule has 0 amide bonds. The summed E-state index contributed by atoms with van der Waals surface area (Å²) in [5.74, 6) is -0.835. The summed E-state index contributed by atoms with van der Waals surface area (Å²) in [5, 5.41) is 0. The molecule has 11 heteroatoms. The molecule has 3 unspecified atom stereocenters. The number of carbonyl (C=O) groups excluding carboxylic acids is 2.